The summed E-state index contributed by atoms with van der Waals surface area (Å²) in [5, 5.41) is 3.01. The van der Waals surface area contributed by atoms with Crippen molar-refractivity contribution < 1.29 is 9.59 Å². The highest BCUT2D eigenvalue weighted by molar-refractivity contribution is 6.30. The van der Waals surface area contributed by atoms with Crippen molar-refractivity contribution in [3.8, 4) is 0 Å². The standard InChI is InChI=1S/C14H18ClN3O2/c1-2-11-14(20)17-13(19)8-18(11)12(7-16)9-3-5-10(15)6-4-9/h3-6,11-12H,2,7-8,16H2,1H3,(H,17,19,20). The molecule has 0 aromatic heterocycles. The minimum absolute atomic E-state index is 0.174. The lowest BCUT2D eigenvalue weighted by atomic mass is 10.00. The Morgan fingerprint density at radius 1 is 1.40 bits per heavy atom. The summed E-state index contributed by atoms with van der Waals surface area (Å²) in [6.07, 6.45) is 0.628. The smallest absolute Gasteiger partial charge is 0.243 e. The fourth-order valence-corrected chi connectivity index (χ4v) is 2.71. The van der Waals surface area contributed by atoms with Gasteiger partial charge in [-0.15, -0.1) is 0 Å². The Morgan fingerprint density at radius 2 is 2.05 bits per heavy atom. The van der Waals surface area contributed by atoms with E-state index in [4.69, 9.17) is 17.3 Å². The van der Waals surface area contributed by atoms with Gasteiger partial charge in [-0.2, -0.15) is 0 Å². The maximum atomic E-state index is 11.9. The van der Waals surface area contributed by atoms with Crippen molar-refractivity contribution in [2.24, 2.45) is 5.73 Å². The second-order valence-electron chi connectivity index (χ2n) is 4.81. The van der Waals surface area contributed by atoms with Crippen molar-refractivity contribution in [2.45, 2.75) is 25.4 Å². The number of hydrogen-bond acceptors (Lipinski definition) is 4. The van der Waals surface area contributed by atoms with Crippen LogP contribution in [-0.4, -0.2) is 35.8 Å². The molecule has 2 rings (SSSR count). The summed E-state index contributed by atoms with van der Waals surface area (Å²) >= 11 is 5.88. The number of nitrogens with one attached hydrogen (secondary N) is 1. The number of carbonyl (C=O) groups excluding carboxylic acids is 2. The van der Waals surface area contributed by atoms with Crippen molar-refractivity contribution in [1.82, 2.24) is 10.2 Å². The molecule has 2 atom stereocenters. The fourth-order valence-electron chi connectivity index (χ4n) is 2.58. The van der Waals surface area contributed by atoms with Gasteiger partial charge in [0, 0.05) is 17.6 Å². The summed E-state index contributed by atoms with van der Waals surface area (Å²) in [4.78, 5) is 25.4. The number of nitrogens with two attached hydrogens (primary N) is 1. The van der Waals surface area contributed by atoms with E-state index in [-0.39, 0.29) is 30.4 Å². The summed E-state index contributed by atoms with van der Waals surface area (Å²) < 4.78 is 0. The Kier molecular flexibility index (Phi) is 4.75. The maximum Gasteiger partial charge on any atom is 0.243 e. The molecule has 0 radical (unpaired) electrons. The highest BCUT2D eigenvalue weighted by atomic mass is 35.5. The molecule has 20 heavy (non-hydrogen) atoms. The van der Waals surface area contributed by atoms with Gasteiger partial charge < -0.3 is 5.73 Å². The van der Waals surface area contributed by atoms with Crippen LogP contribution in [0.1, 0.15) is 24.9 Å². The number of imide groups is 1. The molecule has 1 aliphatic heterocycles. The highest BCUT2D eigenvalue weighted by Gasteiger charge is 2.36. The first-order chi connectivity index (χ1) is 9.56. The molecule has 0 saturated carbocycles. The average Bonchev–Trinajstić information content (AvgIpc) is 2.41. The summed E-state index contributed by atoms with van der Waals surface area (Å²) in [5.74, 6) is -0.539. The van der Waals surface area contributed by atoms with Crippen molar-refractivity contribution >= 4 is 23.4 Å². The van der Waals surface area contributed by atoms with Gasteiger partial charge in [0.25, 0.3) is 0 Å². The first-order valence-corrected chi connectivity index (χ1v) is 6.99. The van der Waals surface area contributed by atoms with Crippen LogP contribution in [0.3, 0.4) is 0 Å². The van der Waals surface area contributed by atoms with Crippen LogP contribution in [0.25, 0.3) is 0 Å². The third-order valence-electron chi connectivity index (χ3n) is 3.56. The van der Waals surface area contributed by atoms with Gasteiger partial charge in [-0.3, -0.25) is 19.8 Å². The molecule has 1 aliphatic rings. The van der Waals surface area contributed by atoms with Crippen LogP contribution in [0.5, 0.6) is 0 Å². The largest absolute Gasteiger partial charge is 0.329 e. The monoisotopic (exact) mass is 295 g/mol. The third-order valence-corrected chi connectivity index (χ3v) is 3.81. The van der Waals surface area contributed by atoms with Gasteiger partial charge in [-0.1, -0.05) is 30.7 Å². The predicted octanol–water partition coefficient (Wildman–Crippen LogP) is 1.08. The van der Waals surface area contributed by atoms with Crippen molar-refractivity contribution in [1.29, 1.82) is 0 Å². The number of carbonyl (C=O) groups is 2. The molecular formula is C14H18ClN3O2. The molecule has 3 N–H and O–H groups in total. The van der Waals surface area contributed by atoms with Gasteiger partial charge in [-0.25, -0.2) is 0 Å². The van der Waals surface area contributed by atoms with Crippen molar-refractivity contribution in [2.75, 3.05) is 13.1 Å². The molecule has 5 nitrogen and oxygen atoms in total. The van der Waals surface area contributed by atoms with E-state index in [2.05, 4.69) is 5.32 Å². The average molecular weight is 296 g/mol. The van der Waals surface area contributed by atoms with Crippen LogP contribution in [0.4, 0.5) is 0 Å². The molecule has 1 aromatic carbocycles. The number of piperazine rings is 1. The minimum Gasteiger partial charge on any atom is -0.329 e. The van der Waals surface area contributed by atoms with Gasteiger partial charge >= 0.3 is 0 Å². The molecule has 2 unspecified atom stereocenters. The number of benzene rings is 1. The first kappa shape index (κ1) is 15.0. The Balaban J connectivity index is 2.30. The molecule has 1 fully saturated rings. The van der Waals surface area contributed by atoms with E-state index in [0.29, 0.717) is 18.0 Å². The van der Waals surface area contributed by atoms with E-state index in [0.717, 1.165) is 5.56 Å². The van der Waals surface area contributed by atoms with Crippen LogP contribution in [0, 0.1) is 0 Å². The van der Waals surface area contributed by atoms with E-state index >= 15 is 0 Å². The highest BCUT2D eigenvalue weighted by Crippen LogP contribution is 2.26. The number of nitrogens with zero attached hydrogens (tertiary/aromatic N) is 1. The van der Waals surface area contributed by atoms with Gasteiger partial charge in [0.05, 0.1) is 12.6 Å². The summed E-state index contributed by atoms with van der Waals surface area (Å²) in [7, 11) is 0. The summed E-state index contributed by atoms with van der Waals surface area (Å²) in [5.41, 5.74) is 6.82. The normalized spacial score (nSPS) is 21.6. The quantitative estimate of drug-likeness (QED) is 0.815. The molecule has 1 aromatic rings. The van der Waals surface area contributed by atoms with Crippen LogP contribution in [0.2, 0.25) is 5.02 Å². The van der Waals surface area contributed by atoms with Crippen LogP contribution >= 0.6 is 11.6 Å². The summed E-state index contributed by atoms with van der Waals surface area (Å²) in [6, 6.07) is 6.82. The molecule has 2 amide bonds. The van der Waals surface area contributed by atoms with E-state index in [1.165, 1.54) is 0 Å². The molecule has 1 saturated heterocycles. The number of hydrogen-bond donors (Lipinski definition) is 2. The molecule has 0 spiro atoms. The SMILES string of the molecule is CCC1C(=O)NC(=O)CN1C(CN)c1ccc(Cl)cc1. The van der Waals surface area contributed by atoms with Crippen molar-refractivity contribution in [3.05, 3.63) is 34.9 Å². The fraction of sp³-hybridized carbons (Fsp3) is 0.429. The molecule has 108 valence electrons. The first-order valence-electron chi connectivity index (χ1n) is 6.61. The van der Waals surface area contributed by atoms with Crippen molar-refractivity contribution in [3.63, 3.8) is 0 Å². The maximum absolute atomic E-state index is 11.9. The van der Waals surface area contributed by atoms with Gasteiger partial charge in [0.2, 0.25) is 11.8 Å². The molecule has 0 aliphatic carbocycles. The van der Waals surface area contributed by atoms with E-state index in [1.54, 1.807) is 12.1 Å². The lowest BCUT2D eigenvalue weighted by molar-refractivity contribution is -0.141. The number of amides is 2. The Bertz CT molecular complexity index is 504. The Morgan fingerprint density at radius 3 is 2.60 bits per heavy atom. The van der Waals surface area contributed by atoms with Gasteiger partial charge in [0.15, 0.2) is 0 Å². The van der Waals surface area contributed by atoms with Crippen LogP contribution < -0.4 is 11.1 Å². The van der Waals surface area contributed by atoms with Gasteiger partial charge in [-0.05, 0) is 24.1 Å². The van der Waals surface area contributed by atoms with Crippen LogP contribution in [-0.2, 0) is 9.59 Å². The Hall–Kier alpha value is -1.43. The zero-order chi connectivity index (χ0) is 14.7. The number of rotatable bonds is 4. The van der Waals surface area contributed by atoms with E-state index in [1.807, 2.05) is 24.0 Å². The predicted molar refractivity (Wildman–Crippen MR) is 77.2 cm³/mol. The Labute approximate surface area is 123 Å². The molecular weight excluding hydrogens is 278 g/mol. The second kappa shape index (κ2) is 6.35. The molecule has 1 heterocycles. The van der Waals surface area contributed by atoms with Gasteiger partial charge in [0.1, 0.15) is 0 Å². The van der Waals surface area contributed by atoms with E-state index < -0.39 is 0 Å². The van der Waals surface area contributed by atoms with E-state index in [9.17, 15) is 9.59 Å². The molecule has 0 bridgehead atoms. The third kappa shape index (κ3) is 3.00. The minimum atomic E-state index is -0.336. The number of halogens is 1. The lowest BCUT2D eigenvalue weighted by Crippen LogP contribution is -2.59. The second-order valence-corrected chi connectivity index (χ2v) is 5.25. The lowest BCUT2D eigenvalue weighted by Gasteiger charge is -2.39. The molecule has 6 heteroatoms. The van der Waals surface area contributed by atoms with Crippen LogP contribution in [0.15, 0.2) is 24.3 Å². The topological polar surface area (TPSA) is 75.4 Å². The summed E-state index contributed by atoms with van der Waals surface area (Å²) in [6.45, 7) is 2.43. The zero-order valence-corrected chi connectivity index (χ0v) is 12.1. The zero-order valence-electron chi connectivity index (χ0n) is 11.3.